The van der Waals surface area contributed by atoms with Crippen LogP contribution in [0.3, 0.4) is 0 Å². The van der Waals surface area contributed by atoms with E-state index in [9.17, 15) is 14.9 Å². The molecule has 0 amide bonds. The number of rotatable bonds is 4. The lowest BCUT2D eigenvalue weighted by Crippen LogP contribution is -2.05. The van der Waals surface area contributed by atoms with Crippen molar-refractivity contribution in [2.75, 3.05) is 12.9 Å². The molecule has 0 atom stereocenters. The summed E-state index contributed by atoms with van der Waals surface area (Å²) < 4.78 is 5.17. The van der Waals surface area contributed by atoms with Gasteiger partial charge in [0.05, 0.1) is 6.61 Å². The molecule has 0 fully saturated rings. The summed E-state index contributed by atoms with van der Waals surface area (Å²) in [5.41, 5.74) is 0. The molecule has 0 aliphatic heterocycles. The summed E-state index contributed by atoms with van der Waals surface area (Å²) in [5, 5.41) is 10.6. The first-order valence-electron chi connectivity index (χ1n) is 3.96. The maximum Gasteiger partial charge on any atom is 0.390 e. The molecule has 0 aliphatic rings. The third-order valence-corrected chi connectivity index (χ3v) is 3.41. The minimum absolute atomic E-state index is 0.0498. The van der Waals surface area contributed by atoms with E-state index in [-0.39, 0.29) is 11.5 Å². The molecule has 1 rings (SSSR count). The fraction of sp³-hybridized carbons (Fsp3) is 0.429. The Balaban J connectivity index is 3.09. The molecule has 0 saturated carbocycles. The van der Waals surface area contributed by atoms with E-state index in [1.54, 1.807) is 13.2 Å². The number of nitrogens with zero attached hydrogens (tertiary/aromatic N) is 2. The van der Waals surface area contributed by atoms with Crippen LogP contribution in [0.2, 0.25) is 0 Å². The molecule has 0 bridgehead atoms. The van der Waals surface area contributed by atoms with Gasteiger partial charge in [0.15, 0.2) is 0 Å². The lowest BCUT2D eigenvalue weighted by molar-refractivity contribution is -0.389. The number of esters is 1. The molecule has 0 radical (unpaired) electrons. The molecule has 1 aromatic rings. The average molecular weight is 248 g/mol. The summed E-state index contributed by atoms with van der Waals surface area (Å²) in [7, 11) is 0. The van der Waals surface area contributed by atoms with Gasteiger partial charge in [-0.05, 0) is 23.1 Å². The Kier molecular flexibility index (Phi) is 4.04. The van der Waals surface area contributed by atoms with E-state index in [0.717, 1.165) is 11.3 Å². The largest absolute Gasteiger partial charge is 0.462 e. The van der Waals surface area contributed by atoms with Crippen molar-refractivity contribution in [2.45, 2.75) is 11.3 Å². The zero-order chi connectivity index (χ0) is 11.4. The highest BCUT2D eigenvalue weighted by atomic mass is 32.2. The molecule has 0 saturated heterocycles. The van der Waals surface area contributed by atoms with Gasteiger partial charge in [-0.3, -0.25) is 0 Å². The number of thioether (sulfide) groups is 1. The summed E-state index contributed by atoms with van der Waals surface area (Å²) in [5.74, 6) is -1.12. The van der Waals surface area contributed by atoms with Crippen LogP contribution in [0.25, 0.3) is 0 Å². The molecule has 1 heterocycles. The van der Waals surface area contributed by atoms with Crippen molar-refractivity contribution >= 4 is 34.9 Å². The first kappa shape index (κ1) is 11.9. The first-order chi connectivity index (χ1) is 7.10. The van der Waals surface area contributed by atoms with Crippen LogP contribution in [0.4, 0.5) is 5.82 Å². The van der Waals surface area contributed by atoms with E-state index >= 15 is 0 Å². The number of carbonyl (C=O) groups excluding carboxylic acids is 1. The quantitative estimate of drug-likeness (QED) is 0.350. The fourth-order valence-electron chi connectivity index (χ4n) is 0.834. The normalized spacial score (nSPS) is 10.0. The monoisotopic (exact) mass is 248 g/mol. The molecule has 0 aromatic carbocycles. The first-order valence-corrected chi connectivity index (χ1v) is 6.00. The number of ether oxygens (including phenoxy) is 1. The molecule has 6 nitrogen and oxygen atoms in total. The lowest BCUT2D eigenvalue weighted by Gasteiger charge is -1.96. The molecule has 0 aliphatic carbocycles. The smallest absolute Gasteiger partial charge is 0.390 e. The molecule has 0 unspecified atom stereocenters. The molecular weight excluding hydrogens is 240 g/mol. The number of thiazole rings is 1. The van der Waals surface area contributed by atoms with Crippen molar-refractivity contribution in [2.24, 2.45) is 0 Å². The molecule has 82 valence electrons. The Bertz CT molecular complexity index is 390. The Morgan fingerprint density at radius 1 is 1.73 bits per heavy atom. The Labute approximate surface area is 93.8 Å². The maximum absolute atomic E-state index is 11.3. The zero-order valence-electron chi connectivity index (χ0n) is 8.05. The second-order valence-corrected chi connectivity index (χ2v) is 4.37. The lowest BCUT2D eigenvalue weighted by atomic mass is 10.5. The van der Waals surface area contributed by atoms with Gasteiger partial charge in [-0.1, -0.05) is 23.1 Å². The summed E-state index contributed by atoms with van der Waals surface area (Å²) in [6.07, 6.45) is 1.73. The van der Waals surface area contributed by atoms with E-state index < -0.39 is 16.7 Å². The Hall–Kier alpha value is -1.15. The number of aromatic nitrogens is 1. The Morgan fingerprint density at radius 2 is 2.40 bits per heavy atom. The maximum atomic E-state index is 11.3. The molecule has 15 heavy (non-hydrogen) atoms. The molecule has 8 heteroatoms. The number of carbonyl (C=O) groups is 1. The highest BCUT2D eigenvalue weighted by Crippen LogP contribution is 2.30. The van der Waals surface area contributed by atoms with Crippen molar-refractivity contribution < 1.29 is 14.5 Å². The molecule has 0 N–H and O–H groups in total. The minimum Gasteiger partial charge on any atom is -0.462 e. The van der Waals surface area contributed by atoms with Crippen LogP contribution in [-0.4, -0.2) is 28.7 Å². The summed E-state index contributed by atoms with van der Waals surface area (Å²) in [6.45, 7) is 1.82. The van der Waals surface area contributed by atoms with Crippen molar-refractivity contribution in [1.82, 2.24) is 4.98 Å². The van der Waals surface area contributed by atoms with Gasteiger partial charge in [0.25, 0.3) is 4.34 Å². The van der Waals surface area contributed by atoms with Crippen LogP contribution in [0, 0.1) is 10.1 Å². The second-order valence-electron chi connectivity index (χ2n) is 2.31. The van der Waals surface area contributed by atoms with Gasteiger partial charge < -0.3 is 14.9 Å². The zero-order valence-corrected chi connectivity index (χ0v) is 9.68. The number of hydrogen-bond donors (Lipinski definition) is 0. The van der Waals surface area contributed by atoms with Crippen molar-refractivity contribution in [3.63, 3.8) is 0 Å². The van der Waals surface area contributed by atoms with Crippen LogP contribution in [0.15, 0.2) is 4.34 Å². The second kappa shape index (κ2) is 5.08. The van der Waals surface area contributed by atoms with Crippen molar-refractivity contribution in [3.05, 3.63) is 15.0 Å². The van der Waals surface area contributed by atoms with Gasteiger partial charge in [-0.15, -0.1) is 0 Å². The molecular formula is C7H8N2O4S2. The summed E-state index contributed by atoms with van der Waals surface area (Å²) in [6, 6.07) is 0. The number of hydrogen-bond acceptors (Lipinski definition) is 7. The van der Waals surface area contributed by atoms with Crippen molar-refractivity contribution in [3.8, 4) is 0 Å². The van der Waals surface area contributed by atoms with Crippen LogP contribution < -0.4 is 0 Å². The third kappa shape index (κ3) is 2.66. The van der Waals surface area contributed by atoms with E-state index in [1.807, 2.05) is 0 Å². The van der Waals surface area contributed by atoms with E-state index in [4.69, 9.17) is 4.74 Å². The number of nitro groups is 1. The average Bonchev–Trinajstić information content (AvgIpc) is 2.61. The van der Waals surface area contributed by atoms with Gasteiger partial charge in [-0.2, -0.15) is 0 Å². The van der Waals surface area contributed by atoms with Gasteiger partial charge in [-0.25, -0.2) is 4.79 Å². The Morgan fingerprint density at radius 3 is 2.87 bits per heavy atom. The summed E-state index contributed by atoms with van der Waals surface area (Å²) in [4.78, 5) is 24.9. The summed E-state index contributed by atoms with van der Waals surface area (Å²) >= 11 is 2.22. The van der Waals surface area contributed by atoms with E-state index in [2.05, 4.69) is 4.98 Å². The fourth-order valence-corrected chi connectivity index (χ4v) is 2.26. The van der Waals surface area contributed by atoms with Crippen LogP contribution in [0.1, 0.15) is 16.6 Å². The SMILES string of the molecule is CCOC(=O)c1sc(SC)nc1[N+](=O)[O-]. The topological polar surface area (TPSA) is 82.3 Å². The minimum atomic E-state index is -0.693. The highest BCUT2D eigenvalue weighted by molar-refractivity contribution is 8.00. The molecule has 1 aromatic heterocycles. The van der Waals surface area contributed by atoms with Gasteiger partial charge >= 0.3 is 11.8 Å². The van der Waals surface area contributed by atoms with Crippen LogP contribution >= 0.6 is 23.1 Å². The highest BCUT2D eigenvalue weighted by Gasteiger charge is 2.28. The van der Waals surface area contributed by atoms with Crippen molar-refractivity contribution in [1.29, 1.82) is 0 Å². The predicted octanol–water partition coefficient (Wildman–Crippen LogP) is 1.95. The standard InChI is InChI=1S/C7H8N2O4S2/c1-3-13-6(10)4-5(9(11)12)8-7(14-2)15-4/h3H2,1-2H3. The van der Waals surface area contributed by atoms with Gasteiger partial charge in [0, 0.05) is 0 Å². The predicted molar refractivity (Wildman–Crippen MR) is 56.5 cm³/mol. The van der Waals surface area contributed by atoms with Crippen LogP contribution in [-0.2, 0) is 4.74 Å². The van der Waals surface area contributed by atoms with Crippen LogP contribution in [0.5, 0.6) is 0 Å². The van der Waals surface area contributed by atoms with Gasteiger partial charge in [0.2, 0.25) is 4.88 Å². The van der Waals surface area contributed by atoms with Gasteiger partial charge in [0.1, 0.15) is 0 Å². The van der Waals surface area contributed by atoms with E-state index in [0.29, 0.717) is 4.34 Å². The van der Waals surface area contributed by atoms with E-state index in [1.165, 1.54) is 11.8 Å². The third-order valence-electron chi connectivity index (χ3n) is 1.40. The molecule has 0 spiro atoms.